The van der Waals surface area contributed by atoms with E-state index in [0.29, 0.717) is 38.3 Å². The number of fused-ring (bicyclic) bond motifs is 1. The van der Waals surface area contributed by atoms with Crippen molar-refractivity contribution >= 4 is 27.7 Å². The molecule has 0 saturated carbocycles. The molecule has 6 nitrogen and oxygen atoms in total. The van der Waals surface area contributed by atoms with Gasteiger partial charge in [0.15, 0.2) is 11.5 Å². The van der Waals surface area contributed by atoms with Gasteiger partial charge in [-0.15, -0.1) is 0 Å². The summed E-state index contributed by atoms with van der Waals surface area (Å²) in [6.07, 6.45) is 1.70. The Labute approximate surface area is 198 Å². The summed E-state index contributed by atoms with van der Waals surface area (Å²) in [7, 11) is 0. The number of benzene rings is 2. The van der Waals surface area contributed by atoms with Crippen molar-refractivity contribution in [2.24, 2.45) is 0 Å². The second kappa shape index (κ2) is 11.4. The van der Waals surface area contributed by atoms with E-state index in [1.807, 2.05) is 56.3 Å². The van der Waals surface area contributed by atoms with E-state index in [1.165, 1.54) is 0 Å². The van der Waals surface area contributed by atoms with Gasteiger partial charge in [0.1, 0.15) is 19.3 Å². The third-order valence-corrected chi connectivity index (χ3v) is 6.20. The maximum absolute atomic E-state index is 13.3. The second-order valence-electron chi connectivity index (χ2n) is 8.12. The molecule has 1 N–H and O–H groups in total. The lowest BCUT2D eigenvalue weighted by Gasteiger charge is -2.30. The minimum Gasteiger partial charge on any atom is -0.486 e. The summed E-state index contributed by atoms with van der Waals surface area (Å²) < 4.78 is 12.2. The van der Waals surface area contributed by atoms with E-state index in [-0.39, 0.29) is 17.9 Å². The fourth-order valence-electron chi connectivity index (χ4n) is 3.47. The zero-order chi connectivity index (χ0) is 23.1. The molecule has 0 saturated heterocycles. The molecule has 0 spiro atoms. The van der Waals surface area contributed by atoms with Gasteiger partial charge >= 0.3 is 0 Å². The van der Waals surface area contributed by atoms with Crippen LogP contribution >= 0.6 is 15.9 Å². The van der Waals surface area contributed by atoms with Crippen molar-refractivity contribution in [3.8, 4) is 11.5 Å². The number of ether oxygens (including phenoxy) is 2. The van der Waals surface area contributed by atoms with Gasteiger partial charge in [-0.1, -0.05) is 41.1 Å². The minimum absolute atomic E-state index is 0.0605. The van der Waals surface area contributed by atoms with E-state index in [0.717, 1.165) is 27.8 Å². The Bertz CT molecular complexity index is 932. The number of nitrogens with one attached hydrogen (secondary N) is 1. The molecule has 1 aliphatic heterocycles. The molecule has 0 radical (unpaired) electrons. The van der Waals surface area contributed by atoms with E-state index < -0.39 is 6.04 Å². The van der Waals surface area contributed by atoms with Crippen molar-refractivity contribution in [3.63, 3.8) is 0 Å². The molecule has 0 bridgehead atoms. The number of hydrogen-bond acceptors (Lipinski definition) is 4. The normalized spacial score (nSPS) is 14.4. The fraction of sp³-hybridized carbons (Fsp3) is 0.440. The molecule has 0 aromatic heterocycles. The first-order valence-corrected chi connectivity index (χ1v) is 11.9. The number of nitrogens with zero attached hydrogens (tertiary/aromatic N) is 1. The molecule has 1 aliphatic rings. The first-order valence-electron chi connectivity index (χ1n) is 11.1. The van der Waals surface area contributed by atoms with Crippen LogP contribution in [0.25, 0.3) is 0 Å². The smallest absolute Gasteiger partial charge is 0.242 e. The summed E-state index contributed by atoms with van der Waals surface area (Å²) >= 11 is 3.44. The van der Waals surface area contributed by atoms with Crippen LogP contribution in [-0.4, -0.2) is 42.0 Å². The van der Waals surface area contributed by atoms with Crippen molar-refractivity contribution in [3.05, 3.63) is 58.1 Å². The summed E-state index contributed by atoms with van der Waals surface area (Å²) in [4.78, 5) is 27.7. The van der Waals surface area contributed by atoms with Crippen molar-refractivity contribution in [2.45, 2.75) is 58.7 Å². The Morgan fingerprint density at radius 3 is 2.38 bits per heavy atom. The molecule has 2 amide bonds. The van der Waals surface area contributed by atoms with Gasteiger partial charge in [0.05, 0.1) is 0 Å². The number of aryl methyl sites for hydroxylation is 1. The number of carbonyl (C=O) groups is 2. The van der Waals surface area contributed by atoms with Crippen LogP contribution in [0.15, 0.2) is 46.9 Å². The van der Waals surface area contributed by atoms with Crippen molar-refractivity contribution in [1.29, 1.82) is 0 Å². The molecule has 1 heterocycles. The number of hydrogen-bond donors (Lipinski definition) is 1. The fourth-order valence-corrected chi connectivity index (χ4v) is 3.74. The molecule has 2 aromatic rings. The lowest BCUT2D eigenvalue weighted by molar-refractivity contribution is -0.140. The molecule has 32 heavy (non-hydrogen) atoms. The highest BCUT2D eigenvalue weighted by molar-refractivity contribution is 9.10. The highest BCUT2D eigenvalue weighted by Gasteiger charge is 2.26. The van der Waals surface area contributed by atoms with E-state index in [2.05, 4.69) is 21.2 Å². The molecule has 3 rings (SSSR count). The lowest BCUT2D eigenvalue weighted by Crippen LogP contribution is -2.49. The van der Waals surface area contributed by atoms with Gasteiger partial charge in [-0.3, -0.25) is 9.59 Å². The number of carbonyl (C=O) groups excluding carboxylic acids is 2. The predicted octanol–water partition coefficient (Wildman–Crippen LogP) is 4.48. The van der Waals surface area contributed by atoms with Crippen LogP contribution in [0.5, 0.6) is 11.5 Å². The molecule has 0 fully saturated rings. The highest BCUT2D eigenvalue weighted by Crippen LogP contribution is 2.31. The first-order chi connectivity index (χ1) is 15.4. The van der Waals surface area contributed by atoms with E-state index in [1.54, 1.807) is 11.8 Å². The Morgan fingerprint density at radius 1 is 1.03 bits per heavy atom. The van der Waals surface area contributed by atoms with Gasteiger partial charge in [0, 0.05) is 23.5 Å². The molecule has 7 heteroatoms. The van der Waals surface area contributed by atoms with Crippen LogP contribution in [0.3, 0.4) is 0 Å². The van der Waals surface area contributed by atoms with E-state index >= 15 is 0 Å². The molecule has 0 aliphatic carbocycles. The average Bonchev–Trinajstić information content (AvgIpc) is 2.81. The van der Waals surface area contributed by atoms with Gasteiger partial charge in [0.25, 0.3) is 0 Å². The highest BCUT2D eigenvalue weighted by atomic mass is 79.9. The summed E-state index contributed by atoms with van der Waals surface area (Å²) in [6, 6.07) is 13.1. The van der Waals surface area contributed by atoms with E-state index in [9.17, 15) is 9.59 Å². The Hall–Kier alpha value is -2.54. The minimum atomic E-state index is -0.569. The maximum atomic E-state index is 13.3. The van der Waals surface area contributed by atoms with Crippen LogP contribution in [0.2, 0.25) is 0 Å². The second-order valence-corrected chi connectivity index (χ2v) is 9.04. The molecular formula is C25H31BrN2O4. The Morgan fingerprint density at radius 2 is 1.69 bits per heavy atom. The van der Waals surface area contributed by atoms with Gasteiger partial charge in [-0.25, -0.2) is 0 Å². The predicted molar refractivity (Wildman–Crippen MR) is 128 cm³/mol. The summed E-state index contributed by atoms with van der Waals surface area (Å²) in [5.41, 5.74) is 1.98. The van der Waals surface area contributed by atoms with Crippen LogP contribution in [0, 0.1) is 0 Å². The van der Waals surface area contributed by atoms with Gasteiger partial charge in [0.2, 0.25) is 11.8 Å². The zero-order valence-electron chi connectivity index (χ0n) is 18.9. The Kier molecular flexibility index (Phi) is 8.56. The standard InChI is InChI=1S/C25H31BrN2O4/c1-4-17(2)27-25(30)18(3)28(16-20-5-9-21(26)10-6-20)24(29)12-8-19-7-11-22-23(15-19)32-14-13-31-22/h5-7,9-11,15,17-18H,4,8,12-14,16H2,1-3H3,(H,27,30)/t17-,18+/m1/s1. The van der Waals surface area contributed by atoms with Crippen LogP contribution in [0.4, 0.5) is 0 Å². The first kappa shape index (κ1) is 24.1. The third kappa shape index (κ3) is 6.48. The van der Waals surface area contributed by atoms with Crippen LogP contribution in [-0.2, 0) is 22.6 Å². The third-order valence-electron chi connectivity index (χ3n) is 5.67. The van der Waals surface area contributed by atoms with Crippen LogP contribution < -0.4 is 14.8 Å². The molecule has 2 aromatic carbocycles. The van der Waals surface area contributed by atoms with Crippen LogP contribution in [0.1, 0.15) is 44.7 Å². The topological polar surface area (TPSA) is 67.9 Å². The summed E-state index contributed by atoms with van der Waals surface area (Å²) in [5, 5.41) is 3.00. The van der Waals surface area contributed by atoms with Gasteiger partial charge in [-0.2, -0.15) is 0 Å². The number of rotatable bonds is 9. The van der Waals surface area contributed by atoms with Gasteiger partial charge < -0.3 is 19.7 Å². The van der Waals surface area contributed by atoms with Crippen molar-refractivity contribution in [2.75, 3.05) is 13.2 Å². The quantitative estimate of drug-likeness (QED) is 0.548. The Balaban J connectivity index is 1.71. The number of amides is 2. The number of halogens is 1. The zero-order valence-corrected chi connectivity index (χ0v) is 20.5. The van der Waals surface area contributed by atoms with Crippen molar-refractivity contribution < 1.29 is 19.1 Å². The largest absolute Gasteiger partial charge is 0.486 e. The molecule has 172 valence electrons. The SMILES string of the molecule is CC[C@@H](C)NC(=O)[C@H](C)N(Cc1ccc(Br)cc1)C(=O)CCc1ccc2c(c1)OCCO2. The van der Waals surface area contributed by atoms with E-state index in [4.69, 9.17) is 9.47 Å². The monoisotopic (exact) mass is 502 g/mol. The molecule has 2 atom stereocenters. The average molecular weight is 503 g/mol. The van der Waals surface area contributed by atoms with Crippen molar-refractivity contribution in [1.82, 2.24) is 10.2 Å². The summed E-state index contributed by atoms with van der Waals surface area (Å²) in [5.74, 6) is 1.26. The molecular weight excluding hydrogens is 472 g/mol. The maximum Gasteiger partial charge on any atom is 0.242 e. The molecule has 0 unspecified atom stereocenters. The lowest BCUT2D eigenvalue weighted by atomic mass is 10.1. The van der Waals surface area contributed by atoms with Gasteiger partial charge in [-0.05, 0) is 62.1 Å². The summed E-state index contributed by atoms with van der Waals surface area (Å²) in [6.45, 7) is 7.23.